The largest absolute Gasteiger partial charge is 0.537 e. The molecule has 1 heterocycles. The molecule has 0 radical (unpaired) electrons. The van der Waals surface area contributed by atoms with Crippen LogP contribution < -0.4 is 33.7 Å². The molecular weight excluding hydrogens is 1390 g/mol. The smallest absolute Gasteiger partial charge is 0.518 e. The summed E-state index contributed by atoms with van der Waals surface area (Å²) in [6, 6.07) is 41.8. The van der Waals surface area contributed by atoms with Gasteiger partial charge in [-0.1, -0.05) is 127 Å². The first-order valence-corrected chi connectivity index (χ1v) is 46.5. The number of aryl methyl sites for hydroxylation is 2. The number of ether oxygens (including phenoxy) is 5. The Bertz CT molecular complexity index is 2780. The van der Waals surface area contributed by atoms with Gasteiger partial charge < -0.3 is 81.2 Å². The first-order chi connectivity index (χ1) is 47.9. The van der Waals surface area contributed by atoms with Gasteiger partial charge in [-0.3, -0.25) is 0 Å². The highest BCUT2D eigenvalue weighted by molar-refractivity contribution is 7.42. The van der Waals surface area contributed by atoms with Gasteiger partial charge in [0, 0.05) is 114 Å². The van der Waals surface area contributed by atoms with Gasteiger partial charge in [-0.05, 0) is 194 Å². The zero-order valence-electron chi connectivity index (χ0n) is 61.8. The molecule has 18 nitrogen and oxygen atoms in total. The van der Waals surface area contributed by atoms with Gasteiger partial charge in [0.05, 0.1) is 0 Å². The van der Waals surface area contributed by atoms with E-state index in [0.717, 1.165) is 82.5 Å². The van der Waals surface area contributed by atoms with E-state index >= 15 is 0 Å². The number of benzene rings is 5. The Morgan fingerprint density at radius 2 is 0.788 bits per heavy atom. The van der Waals surface area contributed by atoms with Gasteiger partial charge in [0.15, 0.2) is 6.29 Å². The molecule has 6 rings (SSSR count). The predicted octanol–water partition coefficient (Wildman–Crippen LogP) is 16.3. The van der Waals surface area contributed by atoms with Crippen LogP contribution in [0, 0.1) is 0 Å². The number of rotatable bonds is 45. The van der Waals surface area contributed by atoms with Crippen molar-refractivity contribution in [3.63, 3.8) is 0 Å². The van der Waals surface area contributed by atoms with E-state index in [1.807, 2.05) is 200 Å². The van der Waals surface area contributed by atoms with Crippen molar-refractivity contribution in [1.29, 1.82) is 0 Å². The average Bonchev–Trinajstić information content (AvgIpc) is 1.37. The van der Waals surface area contributed by atoms with E-state index in [4.69, 9.17) is 103 Å². The summed E-state index contributed by atoms with van der Waals surface area (Å²) in [5.74, 6) is 4.11. The zero-order valence-corrected chi connectivity index (χ0v) is 68.4. The molecule has 99 heavy (non-hydrogen) atoms. The van der Waals surface area contributed by atoms with Gasteiger partial charge in [-0.15, -0.1) is 0 Å². The lowest BCUT2D eigenvalue weighted by Crippen LogP contribution is -2.56. The Morgan fingerprint density at radius 3 is 1.16 bits per heavy atom. The molecule has 1 aliphatic heterocycles. The first-order valence-electron chi connectivity index (χ1n) is 35.1. The van der Waals surface area contributed by atoms with E-state index in [0.29, 0.717) is 112 Å². The van der Waals surface area contributed by atoms with Crippen LogP contribution in [0.15, 0.2) is 159 Å². The van der Waals surface area contributed by atoms with E-state index in [9.17, 15) is 0 Å². The summed E-state index contributed by atoms with van der Waals surface area (Å²) in [4.78, 5) is 0. The minimum absolute atomic E-state index is 0.275. The van der Waals surface area contributed by atoms with E-state index in [2.05, 4.69) is 37.9 Å². The molecule has 0 aliphatic carbocycles. The van der Waals surface area contributed by atoms with Crippen molar-refractivity contribution in [3.05, 3.63) is 176 Å². The maximum absolute atomic E-state index is 6.09. The van der Waals surface area contributed by atoms with Crippen LogP contribution in [0.25, 0.3) is 0 Å². The summed E-state index contributed by atoms with van der Waals surface area (Å²) in [5, 5.41) is 1.89. The van der Waals surface area contributed by atoms with Crippen LogP contribution in [0.5, 0.6) is 28.7 Å². The van der Waals surface area contributed by atoms with Crippen molar-refractivity contribution in [1.82, 2.24) is 0 Å². The van der Waals surface area contributed by atoms with Gasteiger partial charge in [-0.2, -0.15) is 0 Å². The molecule has 0 bridgehead atoms. The number of para-hydroxylation sites is 1. The fourth-order valence-corrected chi connectivity index (χ4v) is 22.6. The van der Waals surface area contributed by atoms with Gasteiger partial charge in [-0.25, -0.2) is 0 Å². The van der Waals surface area contributed by atoms with E-state index in [1.165, 1.54) is 11.1 Å². The fraction of sp³-hybridized carbons (Fsp3) is 0.514. The molecule has 0 N–H and O–H groups in total. The lowest BCUT2D eigenvalue weighted by atomic mass is 10.1. The summed E-state index contributed by atoms with van der Waals surface area (Å²) in [5.41, 5.74) is 3.63. The third-order valence-electron chi connectivity index (χ3n) is 13.8. The second-order valence-corrected chi connectivity index (χ2v) is 37.8. The highest BCUT2D eigenvalue weighted by atomic mass is 35.7. The number of hydrogen-bond donors (Lipinski definition) is 0. The maximum atomic E-state index is 6.09. The Balaban J connectivity index is 0.000000425. The third-order valence-corrected chi connectivity index (χ3v) is 29.1. The highest BCUT2D eigenvalue weighted by Gasteiger charge is 2.45. The van der Waals surface area contributed by atoms with Crippen LogP contribution in [0.4, 0.5) is 0 Å². The van der Waals surface area contributed by atoms with Gasteiger partial charge in [0.1, 0.15) is 48.6 Å². The Kier molecular flexibility index (Phi) is 48.7. The van der Waals surface area contributed by atoms with Crippen molar-refractivity contribution < 1.29 is 81.2 Å². The highest BCUT2D eigenvalue weighted by Crippen LogP contribution is 2.34. The Hall–Kier alpha value is -4.54. The normalized spacial score (nSPS) is 12.9. The van der Waals surface area contributed by atoms with Crippen LogP contribution in [0.3, 0.4) is 0 Å². The molecule has 1 aliphatic rings. The molecule has 556 valence electrons. The van der Waals surface area contributed by atoms with Crippen molar-refractivity contribution in [2.45, 2.75) is 147 Å². The van der Waals surface area contributed by atoms with Crippen LogP contribution in [-0.2, 0) is 76.7 Å². The predicted molar refractivity (Wildman–Crippen MR) is 411 cm³/mol. The van der Waals surface area contributed by atoms with E-state index < -0.39 is 42.2 Å². The van der Waals surface area contributed by atoms with Gasteiger partial charge in [0.25, 0.3) is 0 Å². The van der Waals surface area contributed by atoms with Crippen molar-refractivity contribution in [2.24, 2.45) is 0 Å². The lowest BCUT2D eigenvalue weighted by Gasteiger charge is -2.28. The molecule has 0 saturated carbocycles. The van der Waals surface area contributed by atoms with Crippen molar-refractivity contribution >= 4 is 74.7 Å². The molecule has 1 unspecified atom stereocenters. The molecule has 1 atom stereocenters. The topological polar surface area (TPSA) is 166 Å². The second kappa shape index (κ2) is 53.3. The molecule has 0 aromatic heterocycles. The van der Waals surface area contributed by atoms with Crippen molar-refractivity contribution in [2.75, 3.05) is 106 Å². The monoisotopic (exact) mass is 1500 g/mol. The van der Waals surface area contributed by atoms with Gasteiger partial charge in [0.2, 0.25) is 0 Å². The summed E-state index contributed by atoms with van der Waals surface area (Å²) >= 11 is 12.2. The van der Waals surface area contributed by atoms with E-state index in [1.54, 1.807) is 18.2 Å². The number of halogens is 2. The van der Waals surface area contributed by atoms with Crippen LogP contribution in [0.2, 0.25) is 12.1 Å². The first kappa shape index (κ1) is 90.5. The minimum atomic E-state index is -2.84. The molecule has 0 spiro atoms. The lowest BCUT2D eigenvalue weighted by molar-refractivity contribution is -0.0613. The maximum Gasteiger partial charge on any atom is 0.537 e. The van der Waals surface area contributed by atoms with Crippen molar-refractivity contribution in [3.8, 4) is 28.7 Å². The fourth-order valence-electron chi connectivity index (χ4n) is 9.97. The molecule has 25 heteroatoms. The standard InChI is InChI=1S/C18H30O4Si.C16H28O5Si.C16H26O4Si.C15H24O4Si.C9H10Cl2OSi/c1-5-15-19-18-13-11-17(12-14-18)10-9-16-23(20-6-2,21-7-3)22-8-4;1-6-17-14(5)21-15-10-12-16(13-11-15)22(18-7-2,19-8-3)20-9-4;1-5-13-17-16-11-9-15(10-12-16)14-21(18-6-2,19-7-3)20-8-4;1-5-13-16-14-9-11-15(12-10-14)20(17-6-2,18-7-3)19-8-4;10-13(11)7-3-5-8-4-1-2-6-9(8)12-13/h5,11-14H,1,6-10,15-16H2,2-4H3;10-14H,6-9H2,1-5H3;5,9-12H,1,6-8,13-14H2,2-4H3;5,9-12H,1,6-8,13H2,2-4H3;1-2,4,6H,3,5,7H2. The average molecular weight is 1510 g/mol. The number of hydrogen-bond acceptors (Lipinski definition) is 18. The van der Waals surface area contributed by atoms with Crippen LogP contribution in [0.1, 0.15) is 126 Å². The third kappa shape index (κ3) is 35.0. The van der Waals surface area contributed by atoms with Crippen LogP contribution in [-0.4, -0.2) is 154 Å². The Labute approximate surface area is 609 Å². The molecule has 5 aromatic carbocycles. The summed E-state index contributed by atoms with van der Waals surface area (Å²) in [7, 11) is -10.8. The molecule has 5 aromatic rings. The SMILES string of the molecule is C=CCOc1ccc(CCC[Si](OCC)(OCC)OCC)cc1.C=CCOc1ccc(C[Si](OCC)(OCC)OCC)cc1.C=CCOc1ccc([Si](OCC)(OCC)OCC)cc1.CCOC(C)Oc1ccc([Si](OCC)(OCC)OCC)cc1.Cl[Si]1(Cl)CCCc2ccccc2O1. The van der Waals surface area contributed by atoms with Gasteiger partial charge >= 0.3 is 42.2 Å². The van der Waals surface area contributed by atoms with E-state index in [-0.39, 0.29) is 6.29 Å². The summed E-state index contributed by atoms with van der Waals surface area (Å²) in [6.07, 6.45) is 8.92. The minimum Gasteiger partial charge on any atom is -0.518 e. The Morgan fingerprint density at radius 1 is 0.434 bits per heavy atom. The zero-order chi connectivity index (χ0) is 73.1. The summed E-state index contributed by atoms with van der Waals surface area (Å²) in [6.45, 7) is 44.9. The molecule has 0 fully saturated rings. The molecular formula is C74H118Cl2O18Si5. The van der Waals surface area contributed by atoms with Crippen LogP contribution >= 0.6 is 22.2 Å². The summed E-state index contributed by atoms with van der Waals surface area (Å²) < 4.78 is 104. The molecule has 0 amide bonds. The molecule has 0 saturated heterocycles. The second-order valence-electron chi connectivity index (χ2n) is 21.2. The number of fused-ring (bicyclic) bond motifs is 1. The quantitative estimate of drug-likeness (QED) is 0.0156.